The summed E-state index contributed by atoms with van der Waals surface area (Å²) in [6.45, 7) is 0. The van der Waals surface area contributed by atoms with Crippen molar-refractivity contribution in [3.05, 3.63) is 46.0 Å². The van der Waals surface area contributed by atoms with Gasteiger partial charge < -0.3 is 8.83 Å². The van der Waals surface area contributed by atoms with Crippen LogP contribution >= 0.6 is 0 Å². The van der Waals surface area contributed by atoms with Crippen LogP contribution in [0.3, 0.4) is 0 Å². The molecule has 2 heterocycles. The topological polar surface area (TPSA) is 90.9 Å². The molecule has 18 heavy (non-hydrogen) atoms. The van der Waals surface area contributed by atoms with Gasteiger partial charge in [-0.1, -0.05) is 12.1 Å². The summed E-state index contributed by atoms with van der Waals surface area (Å²) in [7, 11) is 0. The van der Waals surface area contributed by atoms with Crippen molar-refractivity contribution in [2.24, 2.45) is 0 Å². The second-order valence-electron chi connectivity index (χ2n) is 3.62. The summed E-state index contributed by atoms with van der Waals surface area (Å²) in [6.07, 6.45) is 0. The molecule has 0 fully saturated rings. The van der Waals surface area contributed by atoms with Crippen LogP contribution in [0.15, 0.2) is 37.9 Å². The molecule has 2 aromatic heterocycles. The van der Waals surface area contributed by atoms with E-state index in [9.17, 15) is 4.79 Å². The third kappa shape index (κ3) is 1.16. The zero-order valence-corrected chi connectivity index (χ0v) is 8.93. The van der Waals surface area contributed by atoms with Crippen LogP contribution in [0, 0.1) is 22.7 Å². The Morgan fingerprint density at radius 3 is 2.56 bits per heavy atom. The number of rotatable bonds is 0. The van der Waals surface area contributed by atoms with Gasteiger partial charge in [0.25, 0.3) is 0 Å². The van der Waals surface area contributed by atoms with Gasteiger partial charge in [-0.3, -0.25) is 0 Å². The summed E-state index contributed by atoms with van der Waals surface area (Å²) in [6, 6.07) is 10.4. The van der Waals surface area contributed by atoms with Crippen LogP contribution in [0.2, 0.25) is 0 Å². The quantitative estimate of drug-likeness (QED) is 0.558. The molecule has 0 amide bonds. The number of hydrogen-bond acceptors (Lipinski definition) is 5. The van der Waals surface area contributed by atoms with E-state index in [1.807, 2.05) is 0 Å². The lowest BCUT2D eigenvalue weighted by molar-refractivity contribution is 0.563. The number of benzene rings is 1. The van der Waals surface area contributed by atoms with Gasteiger partial charge in [-0.2, -0.15) is 10.5 Å². The van der Waals surface area contributed by atoms with Crippen molar-refractivity contribution in [1.29, 1.82) is 10.5 Å². The number of furan rings is 1. The van der Waals surface area contributed by atoms with Crippen LogP contribution in [0.1, 0.15) is 11.3 Å². The lowest BCUT2D eigenvalue weighted by Gasteiger charge is -1.95. The zero-order chi connectivity index (χ0) is 12.7. The second kappa shape index (κ2) is 3.47. The van der Waals surface area contributed by atoms with Crippen molar-refractivity contribution < 1.29 is 8.83 Å². The van der Waals surface area contributed by atoms with Gasteiger partial charge in [0.05, 0.1) is 5.39 Å². The second-order valence-corrected chi connectivity index (χ2v) is 3.62. The van der Waals surface area contributed by atoms with Gasteiger partial charge in [-0.05, 0) is 12.1 Å². The maximum Gasteiger partial charge on any atom is 0.348 e. The molecule has 0 radical (unpaired) electrons. The lowest BCUT2D eigenvalue weighted by atomic mass is 10.1. The smallest absolute Gasteiger partial charge is 0.348 e. The molecular weight excluding hydrogens is 232 g/mol. The first kappa shape index (κ1) is 10.1. The Balaban J connectivity index is 2.69. The summed E-state index contributed by atoms with van der Waals surface area (Å²) < 4.78 is 10.4. The van der Waals surface area contributed by atoms with E-state index in [2.05, 4.69) is 0 Å². The monoisotopic (exact) mass is 236 g/mol. The average molecular weight is 236 g/mol. The molecule has 0 spiro atoms. The fraction of sp³-hybridized carbons (Fsp3) is 0. The molecule has 3 aromatic rings. The van der Waals surface area contributed by atoms with Gasteiger partial charge in [0.15, 0.2) is 5.58 Å². The number of nitriles is 2. The molecule has 0 saturated carbocycles. The number of nitrogens with zero attached hydrogens (tertiary/aromatic N) is 2. The van der Waals surface area contributed by atoms with Crippen LogP contribution in [0.25, 0.3) is 21.9 Å². The van der Waals surface area contributed by atoms with Crippen molar-refractivity contribution in [2.45, 2.75) is 0 Å². The predicted octanol–water partition coefficient (Wildman–Crippen LogP) is 2.28. The summed E-state index contributed by atoms with van der Waals surface area (Å²) in [5, 5.41) is 18.5. The molecule has 0 atom stereocenters. The van der Waals surface area contributed by atoms with Gasteiger partial charge in [0.1, 0.15) is 28.7 Å². The Bertz CT molecular complexity index is 919. The summed E-state index contributed by atoms with van der Waals surface area (Å²) >= 11 is 0. The van der Waals surface area contributed by atoms with E-state index < -0.39 is 5.63 Å². The Kier molecular flexibility index (Phi) is 1.95. The molecule has 1 aromatic carbocycles. The Hall–Kier alpha value is -3.05. The highest BCUT2D eigenvalue weighted by Gasteiger charge is 2.20. The molecule has 0 aliphatic heterocycles. The summed E-state index contributed by atoms with van der Waals surface area (Å²) in [5.74, 6) is -0.170. The van der Waals surface area contributed by atoms with Crippen LogP contribution in [-0.2, 0) is 0 Å². The molecule has 0 bridgehead atoms. The number of hydrogen-bond donors (Lipinski definition) is 0. The van der Waals surface area contributed by atoms with E-state index in [-0.39, 0.29) is 22.3 Å². The van der Waals surface area contributed by atoms with Crippen molar-refractivity contribution in [3.8, 4) is 12.1 Å². The normalized spacial score (nSPS) is 10.3. The highest BCUT2D eigenvalue weighted by molar-refractivity contribution is 6.03. The van der Waals surface area contributed by atoms with E-state index in [1.54, 1.807) is 36.4 Å². The van der Waals surface area contributed by atoms with E-state index in [1.165, 1.54) is 0 Å². The van der Waals surface area contributed by atoms with Crippen molar-refractivity contribution in [2.75, 3.05) is 0 Å². The molecular formula is C13H4N2O3. The number of fused-ring (bicyclic) bond motifs is 3. The van der Waals surface area contributed by atoms with Crippen LogP contribution in [-0.4, -0.2) is 0 Å². The van der Waals surface area contributed by atoms with Gasteiger partial charge >= 0.3 is 5.63 Å². The molecule has 0 unspecified atom stereocenters. The molecule has 0 saturated heterocycles. The minimum absolute atomic E-state index is 0.0211. The minimum Gasteiger partial charge on any atom is -0.443 e. The van der Waals surface area contributed by atoms with Crippen LogP contribution in [0.4, 0.5) is 0 Å². The van der Waals surface area contributed by atoms with Gasteiger partial charge in [0, 0.05) is 0 Å². The van der Waals surface area contributed by atoms with Crippen molar-refractivity contribution in [3.63, 3.8) is 0 Å². The third-order valence-electron chi connectivity index (χ3n) is 2.66. The molecule has 0 N–H and O–H groups in total. The minimum atomic E-state index is -0.675. The van der Waals surface area contributed by atoms with Gasteiger partial charge in [-0.25, -0.2) is 4.79 Å². The molecule has 3 rings (SSSR count). The standard InChI is InChI=1S/C13H4N2O3/c14-5-8-10(6-15)17-12-7-3-1-2-4-9(7)18-13(16)11(8)12/h1-4H. The largest absolute Gasteiger partial charge is 0.443 e. The molecule has 84 valence electrons. The Morgan fingerprint density at radius 2 is 1.83 bits per heavy atom. The van der Waals surface area contributed by atoms with Crippen LogP contribution in [0.5, 0.6) is 0 Å². The first-order valence-electron chi connectivity index (χ1n) is 5.05. The predicted molar refractivity (Wildman–Crippen MR) is 61.7 cm³/mol. The number of para-hydroxylation sites is 1. The molecule has 0 aliphatic rings. The van der Waals surface area contributed by atoms with E-state index in [0.29, 0.717) is 11.0 Å². The van der Waals surface area contributed by atoms with E-state index >= 15 is 0 Å². The van der Waals surface area contributed by atoms with Gasteiger partial charge in [-0.15, -0.1) is 0 Å². The highest BCUT2D eigenvalue weighted by Crippen LogP contribution is 2.28. The van der Waals surface area contributed by atoms with Crippen molar-refractivity contribution >= 4 is 21.9 Å². The summed E-state index contributed by atoms with van der Waals surface area (Å²) in [4.78, 5) is 11.8. The first-order chi connectivity index (χ1) is 8.76. The first-order valence-corrected chi connectivity index (χ1v) is 5.05. The third-order valence-corrected chi connectivity index (χ3v) is 2.66. The van der Waals surface area contributed by atoms with Gasteiger partial charge in [0.2, 0.25) is 5.76 Å². The molecule has 5 nitrogen and oxygen atoms in total. The van der Waals surface area contributed by atoms with E-state index in [4.69, 9.17) is 19.4 Å². The van der Waals surface area contributed by atoms with Crippen LogP contribution < -0.4 is 5.63 Å². The fourth-order valence-corrected chi connectivity index (χ4v) is 1.90. The van der Waals surface area contributed by atoms with Crippen molar-refractivity contribution in [1.82, 2.24) is 0 Å². The summed E-state index contributed by atoms with van der Waals surface area (Å²) in [5.41, 5.74) is -0.176. The molecule has 0 aliphatic carbocycles. The SMILES string of the molecule is N#Cc1oc2c(c1C#N)c(=O)oc1ccccc12. The Labute approximate surface area is 100 Å². The lowest BCUT2D eigenvalue weighted by Crippen LogP contribution is -1.99. The highest BCUT2D eigenvalue weighted by atomic mass is 16.4. The maximum atomic E-state index is 11.8. The van der Waals surface area contributed by atoms with E-state index in [0.717, 1.165) is 0 Å². The fourth-order valence-electron chi connectivity index (χ4n) is 1.90. The molecule has 5 heteroatoms. The maximum absolute atomic E-state index is 11.8. The Morgan fingerprint density at radius 1 is 1.06 bits per heavy atom. The average Bonchev–Trinajstić information content (AvgIpc) is 2.78. The zero-order valence-electron chi connectivity index (χ0n) is 8.93.